The van der Waals surface area contributed by atoms with E-state index in [0.29, 0.717) is 10.2 Å². The Morgan fingerprint density at radius 2 is 1.74 bits per heavy atom. The van der Waals surface area contributed by atoms with Gasteiger partial charge in [0.25, 0.3) is 0 Å². The summed E-state index contributed by atoms with van der Waals surface area (Å²) in [6, 6.07) is 15.7. The van der Waals surface area contributed by atoms with Gasteiger partial charge in [0.15, 0.2) is 11.0 Å². The van der Waals surface area contributed by atoms with Crippen molar-refractivity contribution >= 4 is 35.0 Å². The van der Waals surface area contributed by atoms with Gasteiger partial charge in [-0.1, -0.05) is 35.5 Å². The lowest BCUT2D eigenvalue weighted by atomic mass is 10.1. The van der Waals surface area contributed by atoms with Crippen LogP contribution in [0.2, 0.25) is 5.02 Å². The molecule has 0 saturated heterocycles. The molecule has 1 heterocycles. The highest BCUT2D eigenvalue weighted by molar-refractivity contribution is 7.99. The highest BCUT2D eigenvalue weighted by atomic mass is 35.5. The normalized spacial score (nSPS) is 11.9. The zero-order valence-electron chi connectivity index (χ0n) is 18.3. The lowest BCUT2D eigenvalue weighted by molar-refractivity contribution is -0.119. The van der Waals surface area contributed by atoms with Crippen LogP contribution in [0, 0.1) is 0 Å². The van der Waals surface area contributed by atoms with Crippen LogP contribution in [0.3, 0.4) is 0 Å². The predicted octanol–water partition coefficient (Wildman–Crippen LogP) is 4.95. The van der Waals surface area contributed by atoms with Crippen molar-refractivity contribution in [2.45, 2.75) is 32.0 Å². The molecule has 0 fully saturated rings. The molecule has 0 radical (unpaired) electrons. The maximum atomic E-state index is 12.4. The van der Waals surface area contributed by atoms with E-state index in [-0.39, 0.29) is 17.7 Å². The first-order valence-electron chi connectivity index (χ1n) is 10.3. The van der Waals surface area contributed by atoms with Crippen molar-refractivity contribution < 1.29 is 4.79 Å². The number of carbonyl (C=O) groups is 1. The highest BCUT2D eigenvalue weighted by Crippen LogP contribution is 2.25. The number of amides is 1. The van der Waals surface area contributed by atoms with E-state index in [9.17, 15) is 4.79 Å². The van der Waals surface area contributed by atoms with E-state index in [1.54, 1.807) is 0 Å². The SMILES string of the molecule is CCN(CC)c1ccc(-c2nnc(SCC(=O)NC(C)c3ccc(Cl)cc3)n2C)cc1. The lowest BCUT2D eigenvalue weighted by Gasteiger charge is -2.21. The Labute approximate surface area is 193 Å². The fourth-order valence-corrected chi connectivity index (χ4v) is 4.20. The molecule has 1 N–H and O–H groups in total. The molecule has 2 aromatic carbocycles. The summed E-state index contributed by atoms with van der Waals surface area (Å²) >= 11 is 7.30. The summed E-state index contributed by atoms with van der Waals surface area (Å²) in [5.41, 5.74) is 3.20. The second-order valence-electron chi connectivity index (χ2n) is 7.21. The summed E-state index contributed by atoms with van der Waals surface area (Å²) in [7, 11) is 1.92. The van der Waals surface area contributed by atoms with Gasteiger partial charge in [0, 0.05) is 36.4 Å². The van der Waals surface area contributed by atoms with Crippen LogP contribution in [0.1, 0.15) is 32.4 Å². The van der Waals surface area contributed by atoms with E-state index in [0.717, 1.165) is 30.0 Å². The van der Waals surface area contributed by atoms with Crippen molar-refractivity contribution in [3.05, 3.63) is 59.1 Å². The van der Waals surface area contributed by atoms with Crippen molar-refractivity contribution in [3.63, 3.8) is 0 Å². The quantitative estimate of drug-likeness (QED) is 0.460. The molecule has 31 heavy (non-hydrogen) atoms. The Hall–Kier alpha value is -2.51. The van der Waals surface area contributed by atoms with Crippen LogP contribution in [0.15, 0.2) is 53.7 Å². The fraction of sp³-hybridized carbons (Fsp3) is 0.348. The van der Waals surface area contributed by atoms with Crippen LogP contribution >= 0.6 is 23.4 Å². The van der Waals surface area contributed by atoms with Crippen molar-refractivity contribution in [2.75, 3.05) is 23.7 Å². The first kappa shape index (κ1) is 23.2. The topological polar surface area (TPSA) is 63.1 Å². The van der Waals surface area contributed by atoms with E-state index in [1.807, 2.05) is 42.8 Å². The summed E-state index contributed by atoms with van der Waals surface area (Å²) in [6.45, 7) is 8.19. The summed E-state index contributed by atoms with van der Waals surface area (Å²) < 4.78 is 1.92. The van der Waals surface area contributed by atoms with Crippen molar-refractivity contribution in [2.24, 2.45) is 7.05 Å². The van der Waals surface area contributed by atoms with Gasteiger partial charge in [0.05, 0.1) is 11.8 Å². The molecule has 0 bridgehead atoms. The van der Waals surface area contributed by atoms with Crippen LogP contribution < -0.4 is 10.2 Å². The third-order valence-corrected chi connectivity index (χ3v) is 6.44. The van der Waals surface area contributed by atoms with Gasteiger partial charge in [-0.3, -0.25) is 4.79 Å². The molecule has 164 valence electrons. The summed E-state index contributed by atoms with van der Waals surface area (Å²) in [5.74, 6) is 0.995. The molecule has 1 aromatic heterocycles. The second kappa shape index (κ2) is 10.7. The van der Waals surface area contributed by atoms with Crippen LogP contribution in [0.5, 0.6) is 0 Å². The molecule has 3 rings (SSSR count). The molecule has 0 saturated carbocycles. The van der Waals surface area contributed by atoms with E-state index >= 15 is 0 Å². The molecule has 1 unspecified atom stereocenters. The number of thioether (sulfide) groups is 1. The number of carbonyl (C=O) groups excluding carboxylic acids is 1. The minimum absolute atomic E-state index is 0.0550. The Morgan fingerprint density at radius 3 is 2.35 bits per heavy atom. The molecule has 1 atom stereocenters. The maximum Gasteiger partial charge on any atom is 0.230 e. The molecule has 0 spiro atoms. The standard InChI is InChI=1S/C23H28ClN5OS/c1-5-29(6-2)20-13-9-18(10-14-20)22-26-27-23(28(22)4)31-15-21(30)25-16(3)17-7-11-19(24)12-8-17/h7-14,16H,5-6,15H2,1-4H3,(H,25,30). The number of nitrogens with zero attached hydrogens (tertiary/aromatic N) is 4. The van der Waals surface area contributed by atoms with Gasteiger partial charge in [-0.25, -0.2) is 0 Å². The zero-order chi connectivity index (χ0) is 22.4. The number of halogens is 1. The van der Waals surface area contributed by atoms with Crippen LogP contribution in [0.4, 0.5) is 5.69 Å². The summed E-state index contributed by atoms with van der Waals surface area (Å²) in [4.78, 5) is 14.7. The van der Waals surface area contributed by atoms with Gasteiger partial charge >= 0.3 is 0 Å². The number of hydrogen-bond acceptors (Lipinski definition) is 5. The average Bonchev–Trinajstić information content (AvgIpc) is 3.14. The van der Waals surface area contributed by atoms with Gasteiger partial charge in [-0.15, -0.1) is 10.2 Å². The molecule has 0 aliphatic rings. The first-order valence-corrected chi connectivity index (χ1v) is 11.7. The smallest absolute Gasteiger partial charge is 0.230 e. The van der Waals surface area contributed by atoms with Crippen LogP contribution in [-0.2, 0) is 11.8 Å². The van der Waals surface area contributed by atoms with Crippen LogP contribution in [0.25, 0.3) is 11.4 Å². The minimum Gasteiger partial charge on any atom is -0.372 e. The number of aromatic nitrogens is 3. The van der Waals surface area contributed by atoms with E-state index in [4.69, 9.17) is 11.6 Å². The third kappa shape index (κ3) is 5.80. The number of anilines is 1. The molecule has 6 nitrogen and oxygen atoms in total. The van der Waals surface area contributed by atoms with E-state index < -0.39 is 0 Å². The Morgan fingerprint density at radius 1 is 1.10 bits per heavy atom. The molecule has 0 aliphatic carbocycles. The fourth-order valence-electron chi connectivity index (χ4n) is 3.35. The van der Waals surface area contributed by atoms with Crippen molar-refractivity contribution in [1.29, 1.82) is 0 Å². The molecule has 0 aliphatic heterocycles. The lowest BCUT2D eigenvalue weighted by Crippen LogP contribution is -2.28. The van der Waals surface area contributed by atoms with Gasteiger partial charge in [0.1, 0.15) is 0 Å². The Kier molecular flexibility index (Phi) is 7.98. The van der Waals surface area contributed by atoms with Gasteiger partial charge < -0.3 is 14.8 Å². The van der Waals surface area contributed by atoms with Gasteiger partial charge in [0.2, 0.25) is 5.91 Å². The van der Waals surface area contributed by atoms with Crippen molar-refractivity contribution in [1.82, 2.24) is 20.1 Å². The Balaban J connectivity index is 1.60. The second-order valence-corrected chi connectivity index (χ2v) is 8.59. The van der Waals surface area contributed by atoms with E-state index in [1.165, 1.54) is 17.4 Å². The minimum atomic E-state index is -0.0928. The average molecular weight is 458 g/mol. The third-order valence-electron chi connectivity index (χ3n) is 5.17. The summed E-state index contributed by atoms with van der Waals surface area (Å²) in [5, 5.41) is 13.0. The number of benzene rings is 2. The molecule has 8 heteroatoms. The maximum absolute atomic E-state index is 12.4. The Bertz CT molecular complexity index is 1000. The predicted molar refractivity (Wildman–Crippen MR) is 129 cm³/mol. The molecular weight excluding hydrogens is 430 g/mol. The number of nitrogens with one attached hydrogen (secondary N) is 1. The van der Waals surface area contributed by atoms with Crippen LogP contribution in [-0.4, -0.2) is 39.5 Å². The number of hydrogen-bond donors (Lipinski definition) is 1. The van der Waals surface area contributed by atoms with Gasteiger partial charge in [-0.05, 0) is 62.7 Å². The van der Waals surface area contributed by atoms with E-state index in [2.05, 4.69) is 58.5 Å². The molecule has 1 amide bonds. The number of rotatable bonds is 9. The zero-order valence-corrected chi connectivity index (χ0v) is 19.9. The summed E-state index contributed by atoms with van der Waals surface area (Å²) in [6.07, 6.45) is 0. The highest BCUT2D eigenvalue weighted by Gasteiger charge is 2.15. The first-order chi connectivity index (χ1) is 14.9. The van der Waals surface area contributed by atoms with Crippen molar-refractivity contribution in [3.8, 4) is 11.4 Å². The van der Waals surface area contributed by atoms with Gasteiger partial charge in [-0.2, -0.15) is 0 Å². The monoisotopic (exact) mass is 457 g/mol. The largest absolute Gasteiger partial charge is 0.372 e. The molecular formula is C23H28ClN5OS. The molecule has 3 aromatic rings.